The standard InChI is InChI=1S/C20H21BrN4OS/c1-4-18-23-24-20(25(18)15-8-5-13(2)6-9-15)27-12-19(26)22-17-10-7-14(3)11-16(17)21/h5-11H,4,12H2,1-3H3,(H,22,26). The molecule has 5 nitrogen and oxygen atoms in total. The Labute approximate surface area is 171 Å². The summed E-state index contributed by atoms with van der Waals surface area (Å²) in [6.45, 7) is 6.11. The van der Waals surface area contributed by atoms with Crippen molar-refractivity contribution in [2.24, 2.45) is 0 Å². The lowest BCUT2D eigenvalue weighted by atomic mass is 10.2. The molecule has 140 valence electrons. The van der Waals surface area contributed by atoms with Gasteiger partial charge in [0.25, 0.3) is 0 Å². The second kappa shape index (κ2) is 8.71. The molecule has 2 aromatic carbocycles. The molecule has 0 fully saturated rings. The number of hydrogen-bond donors (Lipinski definition) is 1. The van der Waals surface area contributed by atoms with E-state index in [4.69, 9.17) is 0 Å². The van der Waals surface area contributed by atoms with Gasteiger partial charge in [0.2, 0.25) is 5.91 Å². The number of carbonyl (C=O) groups excluding carboxylic acids is 1. The molecule has 0 saturated heterocycles. The first-order valence-corrected chi connectivity index (χ1v) is 10.5. The van der Waals surface area contributed by atoms with Crippen LogP contribution in [0.25, 0.3) is 5.69 Å². The van der Waals surface area contributed by atoms with Gasteiger partial charge in [-0.1, -0.05) is 42.4 Å². The summed E-state index contributed by atoms with van der Waals surface area (Å²) in [4.78, 5) is 12.4. The van der Waals surface area contributed by atoms with Crippen LogP contribution in [0.3, 0.4) is 0 Å². The number of halogens is 1. The van der Waals surface area contributed by atoms with Crippen molar-refractivity contribution in [1.82, 2.24) is 14.8 Å². The summed E-state index contributed by atoms with van der Waals surface area (Å²) in [5, 5.41) is 12.2. The molecule has 0 saturated carbocycles. The highest BCUT2D eigenvalue weighted by molar-refractivity contribution is 9.10. The number of benzene rings is 2. The van der Waals surface area contributed by atoms with Gasteiger partial charge in [-0.2, -0.15) is 0 Å². The van der Waals surface area contributed by atoms with Gasteiger partial charge in [-0.25, -0.2) is 0 Å². The van der Waals surface area contributed by atoms with E-state index in [9.17, 15) is 4.79 Å². The number of aryl methyl sites for hydroxylation is 3. The third kappa shape index (κ3) is 4.78. The summed E-state index contributed by atoms with van der Waals surface area (Å²) in [5.74, 6) is 1.05. The number of carbonyl (C=O) groups is 1. The topological polar surface area (TPSA) is 59.8 Å². The van der Waals surface area contributed by atoms with Gasteiger partial charge in [-0.05, 0) is 59.6 Å². The van der Waals surface area contributed by atoms with Crippen LogP contribution in [0.15, 0.2) is 52.1 Å². The summed E-state index contributed by atoms with van der Waals surface area (Å²) in [6.07, 6.45) is 0.768. The number of rotatable bonds is 6. The van der Waals surface area contributed by atoms with Crippen molar-refractivity contribution < 1.29 is 4.79 Å². The Balaban J connectivity index is 1.73. The van der Waals surface area contributed by atoms with Crippen LogP contribution < -0.4 is 5.32 Å². The number of aromatic nitrogens is 3. The number of nitrogens with zero attached hydrogens (tertiary/aromatic N) is 3. The third-order valence-electron chi connectivity index (χ3n) is 4.04. The first-order chi connectivity index (χ1) is 13.0. The molecule has 1 amide bonds. The Morgan fingerprint density at radius 1 is 1.11 bits per heavy atom. The van der Waals surface area contributed by atoms with E-state index in [2.05, 4.69) is 50.5 Å². The summed E-state index contributed by atoms with van der Waals surface area (Å²) < 4.78 is 2.89. The lowest BCUT2D eigenvalue weighted by Crippen LogP contribution is -2.15. The Morgan fingerprint density at radius 3 is 2.48 bits per heavy atom. The maximum absolute atomic E-state index is 12.4. The van der Waals surface area contributed by atoms with Crippen LogP contribution in [0.2, 0.25) is 0 Å². The minimum absolute atomic E-state index is 0.0824. The molecule has 3 aromatic rings. The number of nitrogens with one attached hydrogen (secondary N) is 1. The Morgan fingerprint density at radius 2 is 1.81 bits per heavy atom. The van der Waals surface area contributed by atoms with Crippen LogP contribution in [0.5, 0.6) is 0 Å². The maximum Gasteiger partial charge on any atom is 0.234 e. The molecule has 7 heteroatoms. The van der Waals surface area contributed by atoms with Gasteiger partial charge in [0.05, 0.1) is 11.4 Å². The minimum atomic E-state index is -0.0824. The molecule has 27 heavy (non-hydrogen) atoms. The number of anilines is 1. The molecule has 0 aliphatic rings. The fraction of sp³-hybridized carbons (Fsp3) is 0.250. The van der Waals surface area contributed by atoms with E-state index in [1.54, 1.807) is 0 Å². The van der Waals surface area contributed by atoms with Gasteiger partial charge in [-0.3, -0.25) is 9.36 Å². The molecule has 0 radical (unpaired) electrons. The molecule has 1 N–H and O–H groups in total. The zero-order valence-corrected chi connectivity index (χ0v) is 17.9. The van der Waals surface area contributed by atoms with E-state index < -0.39 is 0 Å². The molecule has 3 rings (SSSR count). The van der Waals surface area contributed by atoms with E-state index in [0.717, 1.165) is 33.7 Å². The monoisotopic (exact) mass is 444 g/mol. The highest BCUT2D eigenvalue weighted by Crippen LogP contribution is 2.25. The highest BCUT2D eigenvalue weighted by atomic mass is 79.9. The Bertz CT molecular complexity index is 953. The van der Waals surface area contributed by atoms with Crippen molar-refractivity contribution in [2.75, 3.05) is 11.1 Å². The quantitative estimate of drug-likeness (QED) is 0.546. The third-order valence-corrected chi connectivity index (χ3v) is 5.62. The average molecular weight is 445 g/mol. The zero-order valence-electron chi connectivity index (χ0n) is 15.5. The van der Waals surface area contributed by atoms with Gasteiger partial charge < -0.3 is 5.32 Å². The lowest BCUT2D eigenvalue weighted by molar-refractivity contribution is -0.113. The van der Waals surface area contributed by atoms with Crippen LogP contribution in [-0.4, -0.2) is 26.4 Å². The summed E-state index contributed by atoms with van der Waals surface area (Å²) >= 11 is 4.86. The largest absolute Gasteiger partial charge is 0.324 e. The van der Waals surface area contributed by atoms with Crippen LogP contribution in [0, 0.1) is 13.8 Å². The molecular formula is C20H21BrN4OS. The van der Waals surface area contributed by atoms with Crippen molar-refractivity contribution >= 4 is 39.3 Å². The fourth-order valence-corrected chi connectivity index (χ4v) is 3.98. The smallest absolute Gasteiger partial charge is 0.234 e. The molecule has 0 spiro atoms. The van der Waals surface area contributed by atoms with Crippen LogP contribution in [0.4, 0.5) is 5.69 Å². The minimum Gasteiger partial charge on any atom is -0.324 e. The zero-order chi connectivity index (χ0) is 19.4. The van der Waals surface area contributed by atoms with Gasteiger partial charge in [-0.15, -0.1) is 10.2 Å². The molecule has 1 aromatic heterocycles. The Kier molecular flexibility index (Phi) is 6.34. The van der Waals surface area contributed by atoms with Crippen molar-refractivity contribution in [1.29, 1.82) is 0 Å². The van der Waals surface area contributed by atoms with Crippen molar-refractivity contribution in [3.63, 3.8) is 0 Å². The van der Waals surface area contributed by atoms with Crippen LogP contribution >= 0.6 is 27.7 Å². The second-order valence-corrected chi connectivity index (χ2v) is 8.04. The molecular weight excluding hydrogens is 424 g/mol. The predicted octanol–water partition coefficient (Wildman–Crippen LogP) is 4.94. The summed E-state index contributed by atoms with van der Waals surface area (Å²) in [7, 11) is 0. The molecule has 0 aliphatic carbocycles. The summed E-state index contributed by atoms with van der Waals surface area (Å²) in [5.41, 5.74) is 4.10. The van der Waals surface area contributed by atoms with E-state index in [-0.39, 0.29) is 11.7 Å². The van der Waals surface area contributed by atoms with E-state index in [0.29, 0.717) is 5.16 Å². The van der Waals surface area contributed by atoms with Crippen molar-refractivity contribution in [2.45, 2.75) is 32.3 Å². The average Bonchev–Trinajstić information content (AvgIpc) is 3.06. The highest BCUT2D eigenvalue weighted by Gasteiger charge is 2.15. The molecule has 0 bridgehead atoms. The lowest BCUT2D eigenvalue weighted by Gasteiger charge is -2.10. The molecule has 0 aliphatic heterocycles. The van der Waals surface area contributed by atoms with Gasteiger partial charge in [0.15, 0.2) is 5.16 Å². The fourth-order valence-electron chi connectivity index (χ4n) is 2.61. The molecule has 1 heterocycles. The van der Waals surface area contributed by atoms with E-state index in [1.807, 2.05) is 48.7 Å². The van der Waals surface area contributed by atoms with E-state index >= 15 is 0 Å². The number of thioether (sulfide) groups is 1. The van der Waals surface area contributed by atoms with Crippen molar-refractivity contribution in [3.05, 3.63) is 63.9 Å². The van der Waals surface area contributed by atoms with Gasteiger partial charge >= 0.3 is 0 Å². The van der Waals surface area contributed by atoms with Gasteiger partial charge in [0.1, 0.15) is 5.82 Å². The first kappa shape index (κ1) is 19.6. The normalized spacial score (nSPS) is 10.8. The first-order valence-electron chi connectivity index (χ1n) is 8.68. The van der Waals surface area contributed by atoms with Crippen LogP contribution in [-0.2, 0) is 11.2 Å². The summed E-state index contributed by atoms with van der Waals surface area (Å²) in [6, 6.07) is 14.1. The van der Waals surface area contributed by atoms with Crippen LogP contribution in [0.1, 0.15) is 23.9 Å². The Hall–Kier alpha value is -2.12. The number of hydrogen-bond acceptors (Lipinski definition) is 4. The SMILES string of the molecule is CCc1nnc(SCC(=O)Nc2ccc(C)cc2Br)n1-c1ccc(C)cc1. The van der Waals surface area contributed by atoms with Gasteiger partial charge in [0, 0.05) is 16.6 Å². The number of amides is 1. The second-order valence-electron chi connectivity index (χ2n) is 6.24. The van der Waals surface area contributed by atoms with E-state index in [1.165, 1.54) is 17.3 Å². The predicted molar refractivity (Wildman–Crippen MR) is 114 cm³/mol. The van der Waals surface area contributed by atoms with Crippen molar-refractivity contribution in [3.8, 4) is 5.69 Å². The maximum atomic E-state index is 12.4. The molecule has 0 atom stereocenters. The molecule has 0 unspecified atom stereocenters.